The van der Waals surface area contributed by atoms with Gasteiger partial charge in [-0.1, -0.05) is 47.6 Å². The zero-order valence-corrected chi connectivity index (χ0v) is 18.9. The smallest absolute Gasteiger partial charge is 0.227 e. The number of anilines is 1. The van der Waals surface area contributed by atoms with Gasteiger partial charge in [-0.25, -0.2) is 4.68 Å². The van der Waals surface area contributed by atoms with Crippen molar-refractivity contribution in [1.29, 1.82) is 0 Å². The zero-order chi connectivity index (χ0) is 22.2. The molecule has 2 aromatic carbocycles. The van der Waals surface area contributed by atoms with Crippen molar-refractivity contribution in [3.8, 4) is 11.5 Å². The van der Waals surface area contributed by atoms with E-state index in [2.05, 4.69) is 10.3 Å². The van der Waals surface area contributed by atoms with Crippen LogP contribution in [0.5, 0.6) is 11.5 Å². The fraction of sp³-hybridized carbons (Fsp3) is 0.261. The number of methoxy groups -OCH3 is 1. The number of nitrogens with one attached hydrogen (secondary N) is 1. The molecule has 164 valence electrons. The number of phenols is 1. The van der Waals surface area contributed by atoms with E-state index < -0.39 is 6.04 Å². The minimum atomic E-state index is -0.439. The minimum Gasteiger partial charge on any atom is -0.504 e. The maximum atomic E-state index is 12.9. The van der Waals surface area contributed by atoms with Crippen molar-refractivity contribution in [2.24, 2.45) is 0 Å². The maximum Gasteiger partial charge on any atom is 0.227 e. The van der Waals surface area contributed by atoms with Crippen LogP contribution in [0.15, 0.2) is 58.9 Å². The average molecular weight is 469 g/mol. The van der Waals surface area contributed by atoms with Gasteiger partial charge in [0.15, 0.2) is 17.3 Å². The summed E-state index contributed by atoms with van der Waals surface area (Å²) in [5.41, 5.74) is 3.40. The van der Waals surface area contributed by atoms with Gasteiger partial charge in [0.25, 0.3) is 0 Å². The number of fused-ring (bicyclic) bond motifs is 1. The molecule has 1 aromatic heterocycles. The van der Waals surface area contributed by atoms with E-state index in [0.29, 0.717) is 39.6 Å². The Bertz CT molecular complexity index is 1240. The topological polar surface area (TPSA) is 89.3 Å². The summed E-state index contributed by atoms with van der Waals surface area (Å²) >= 11 is 7.77. The highest BCUT2D eigenvalue weighted by atomic mass is 35.5. The maximum absolute atomic E-state index is 12.9. The number of nitrogens with zero attached hydrogens (tertiary/aromatic N) is 3. The highest BCUT2D eigenvalue weighted by molar-refractivity contribution is 7.98. The van der Waals surface area contributed by atoms with Crippen LogP contribution in [0, 0.1) is 0 Å². The number of ether oxygens (including phenoxy) is 1. The van der Waals surface area contributed by atoms with Crippen LogP contribution < -0.4 is 10.1 Å². The number of benzene rings is 2. The Hall–Kier alpha value is -2.97. The summed E-state index contributed by atoms with van der Waals surface area (Å²) in [4.78, 5) is 17.6. The number of hydrogen-bond acceptors (Lipinski definition) is 7. The molecule has 0 radical (unpaired) electrons. The number of hydrogen-bond donors (Lipinski definition) is 2. The third-order valence-corrected chi connectivity index (χ3v) is 6.94. The molecule has 2 heterocycles. The van der Waals surface area contributed by atoms with E-state index in [4.69, 9.17) is 21.4 Å². The molecule has 0 saturated carbocycles. The third-order valence-electron chi connectivity index (χ3n) is 5.68. The van der Waals surface area contributed by atoms with Gasteiger partial charge in [-0.05, 0) is 42.2 Å². The number of thioether (sulfide) groups is 1. The lowest BCUT2D eigenvalue weighted by Crippen LogP contribution is -2.31. The lowest BCUT2D eigenvalue weighted by molar-refractivity contribution is -0.116. The van der Waals surface area contributed by atoms with E-state index >= 15 is 0 Å². The van der Waals surface area contributed by atoms with Gasteiger partial charge in [-0.15, -0.1) is 5.10 Å². The first kappa shape index (κ1) is 20.9. The van der Waals surface area contributed by atoms with Gasteiger partial charge in [-0.2, -0.15) is 4.98 Å². The number of aromatic nitrogens is 3. The molecule has 0 spiro atoms. The molecule has 0 fully saturated rings. The number of allylic oxidation sites excluding steroid dienone is 2. The van der Waals surface area contributed by atoms with Crippen molar-refractivity contribution in [2.45, 2.75) is 36.2 Å². The highest BCUT2D eigenvalue weighted by Gasteiger charge is 2.37. The van der Waals surface area contributed by atoms with Gasteiger partial charge < -0.3 is 15.2 Å². The quantitative estimate of drug-likeness (QED) is 0.511. The van der Waals surface area contributed by atoms with Crippen molar-refractivity contribution in [3.05, 3.63) is 69.9 Å². The Morgan fingerprint density at radius 1 is 1.28 bits per heavy atom. The molecule has 1 unspecified atom stereocenters. The van der Waals surface area contributed by atoms with E-state index in [9.17, 15) is 9.90 Å². The van der Waals surface area contributed by atoms with Crippen molar-refractivity contribution in [3.63, 3.8) is 0 Å². The summed E-state index contributed by atoms with van der Waals surface area (Å²) in [7, 11) is 1.50. The number of phenolic OH excluding ortho intramolecular Hbond substituents is 1. The van der Waals surface area contributed by atoms with Crippen LogP contribution in [0.25, 0.3) is 0 Å². The molecule has 2 aliphatic rings. The van der Waals surface area contributed by atoms with E-state index in [0.717, 1.165) is 29.7 Å². The number of carbonyl (C=O) groups is 1. The molecular formula is C23H21ClN4O3S. The minimum absolute atomic E-state index is 0.0455. The second-order valence-electron chi connectivity index (χ2n) is 7.67. The standard InChI is InChI=1S/C23H21ClN4O3S/c1-31-19-11-13(9-10-17(19)29)21-20-16(7-4-8-18(20)30)25-22-26-23(27-28(21)22)32-12-14-5-2-3-6-15(14)24/h2-3,5-6,9-11,21,29H,4,7-8,12H2,1H3,(H,25,26,27). The first-order chi connectivity index (χ1) is 15.5. The summed E-state index contributed by atoms with van der Waals surface area (Å²) in [5, 5.41) is 19.4. The van der Waals surface area contributed by atoms with Crippen molar-refractivity contribution < 1.29 is 14.6 Å². The Morgan fingerprint density at radius 2 is 2.12 bits per heavy atom. The number of halogens is 1. The predicted molar refractivity (Wildman–Crippen MR) is 123 cm³/mol. The van der Waals surface area contributed by atoms with Crippen LogP contribution in [0.1, 0.15) is 36.4 Å². The lowest BCUT2D eigenvalue weighted by Gasteiger charge is -2.32. The fourth-order valence-corrected chi connectivity index (χ4v) is 5.24. The second kappa shape index (κ2) is 8.52. The van der Waals surface area contributed by atoms with Crippen molar-refractivity contribution in [1.82, 2.24) is 14.8 Å². The average Bonchev–Trinajstić information content (AvgIpc) is 3.20. The molecule has 2 N–H and O–H groups in total. The molecule has 0 bridgehead atoms. The summed E-state index contributed by atoms with van der Waals surface area (Å²) < 4.78 is 7.06. The molecule has 7 nitrogen and oxygen atoms in total. The first-order valence-corrected chi connectivity index (χ1v) is 11.6. The fourth-order valence-electron chi connectivity index (χ4n) is 4.13. The summed E-state index contributed by atoms with van der Waals surface area (Å²) in [6.07, 6.45) is 2.09. The van der Waals surface area contributed by atoms with Crippen LogP contribution in [0.3, 0.4) is 0 Å². The summed E-state index contributed by atoms with van der Waals surface area (Å²) in [6.45, 7) is 0. The van der Waals surface area contributed by atoms with Crippen LogP contribution >= 0.6 is 23.4 Å². The Labute approximate surface area is 194 Å². The molecular weight excluding hydrogens is 448 g/mol. The van der Waals surface area contributed by atoms with Gasteiger partial charge in [0.05, 0.1) is 7.11 Å². The molecule has 3 aromatic rings. The van der Waals surface area contributed by atoms with E-state index in [-0.39, 0.29) is 11.5 Å². The third kappa shape index (κ3) is 3.73. The number of aromatic hydroxyl groups is 1. The molecule has 0 saturated heterocycles. The molecule has 32 heavy (non-hydrogen) atoms. The zero-order valence-electron chi connectivity index (χ0n) is 17.3. The Balaban J connectivity index is 1.54. The SMILES string of the molecule is COc1cc(C2C3=C(CCCC3=O)Nc3nc(SCc4ccccc4Cl)nn32)ccc1O. The molecule has 0 amide bonds. The van der Waals surface area contributed by atoms with Crippen molar-refractivity contribution in [2.75, 3.05) is 12.4 Å². The molecule has 1 aliphatic carbocycles. The first-order valence-electron chi connectivity index (χ1n) is 10.3. The monoisotopic (exact) mass is 468 g/mol. The van der Waals surface area contributed by atoms with Gasteiger partial charge in [0, 0.05) is 28.5 Å². The van der Waals surface area contributed by atoms with E-state index in [1.54, 1.807) is 22.9 Å². The van der Waals surface area contributed by atoms with Crippen LogP contribution in [-0.2, 0) is 10.5 Å². The van der Waals surface area contributed by atoms with E-state index in [1.807, 2.05) is 24.3 Å². The largest absolute Gasteiger partial charge is 0.504 e. The molecule has 1 aliphatic heterocycles. The van der Waals surface area contributed by atoms with Crippen LogP contribution in [0.2, 0.25) is 5.02 Å². The van der Waals surface area contributed by atoms with Crippen molar-refractivity contribution >= 4 is 35.1 Å². The van der Waals surface area contributed by atoms with Gasteiger partial charge in [0.1, 0.15) is 6.04 Å². The molecule has 1 atom stereocenters. The summed E-state index contributed by atoms with van der Waals surface area (Å²) in [5.74, 6) is 1.72. The highest BCUT2D eigenvalue weighted by Crippen LogP contribution is 2.42. The number of rotatable bonds is 5. The van der Waals surface area contributed by atoms with Gasteiger partial charge >= 0.3 is 0 Å². The van der Waals surface area contributed by atoms with Gasteiger partial charge in [0.2, 0.25) is 11.1 Å². The number of ketones is 1. The van der Waals surface area contributed by atoms with Crippen LogP contribution in [-0.4, -0.2) is 32.8 Å². The summed E-state index contributed by atoms with van der Waals surface area (Å²) in [6, 6.07) is 12.4. The normalized spacial score (nSPS) is 17.6. The van der Waals surface area contributed by atoms with Gasteiger partial charge in [-0.3, -0.25) is 4.79 Å². The Morgan fingerprint density at radius 3 is 2.94 bits per heavy atom. The second-order valence-corrected chi connectivity index (χ2v) is 9.02. The number of Topliss-reactive ketones (excluding diaryl/α,β-unsaturated/α-hetero) is 1. The predicted octanol–water partition coefficient (Wildman–Crippen LogP) is 4.96. The van der Waals surface area contributed by atoms with E-state index in [1.165, 1.54) is 18.9 Å². The van der Waals surface area contributed by atoms with Crippen LogP contribution in [0.4, 0.5) is 5.95 Å². The molecule has 5 rings (SSSR count). The number of carbonyl (C=O) groups excluding carboxylic acids is 1. The molecule has 9 heteroatoms. The Kier molecular flexibility index (Phi) is 5.57. The lowest BCUT2D eigenvalue weighted by atomic mass is 9.85.